The van der Waals surface area contributed by atoms with E-state index in [1.54, 1.807) is 32.0 Å². The number of carbonyl (C=O) groups is 2. The molecule has 0 radical (unpaired) electrons. The molecule has 3 rings (SSSR count). The zero-order valence-corrected chi connectivity index (χ0v) is 14.9. The second-order valence-corrected chi connectivity index (χ2v) is 6.61. The summed E-state index contributed by atoms with van der Waals surface area (Å²) in [5.74, 6) is 0.146. The summed E-state index contributed by atoms with van der Waals surface area (Å²) in [6.45, 7) is 0.550. The first-order chi connectivity index (χ1) is 12.8. The number of ether oxygens (including phenoxy) is 1. The quantitative estimate of drug-likeness (QED) is 0.748. The van der Waals surface area contributed by atoms with Crippen molar-refractivity contribution >= 4 is 11.9 Å². The van der Waals surface area contributed by atoms with Crippen LogP contribution in [0.15, 0.2) is 34.9 Å². The fraction of sp³-hybridized carbons (Fsp3) is 0.389. The van der Waals surface area contributed by atoms with E-state index in [1.165, 1.54) is 12.1 Å². The van der Waals surface area contributed by atoms with E-state index >= 15 is 0 Å². The Labute approximate surface area is 154 Å². The van der Waals surface area contributed by atoms with Gasteiger partial charge in [-0.3, -0.25) is 9.69 Å². The summed E-state index contributed by atoms with van der Waals surface area (Å²) in [4.78, 5) is 26.0. The van der Waals surface area contributed by atoms with Crippen LogP contribution in [0.3, 0.4) is 0 Å². The minimum absolute atomic E-state index is 0.0146. The standard InChI is InChI=1S/C18H19F2N3O4/c1-11-9-14(27-22-11)10-23-15(24)18(2,21-17(23)25)8-7-12-3-5-13(6-4-12)26-16(19)20/h3-6,9,16H,7-8,10H2,1-2H3,(H,21,25). The van der Waals surface area contributed by atoms with Crippen molar-refractivity contribution < 1.29 is 27.6 Å². The van der Waals surface area contributed by atoms with Crippen molar-refractivity contribution in [3.63, 3.8) is 0 Å². The maximum absolute atomic E-state index is 12.7. The molecule has 1 atom stereocenters. The number of nitrogens with one attached hydrogen (secondary N) is 1. The van der Waals surface area contributed by atoms with Gasteiger partial charge in [0.2, 0.25) is 0 Å². The van der Waals surface area contributed by atoms with Crippen molar-refractivity contribution in [2.75, 3.05) is 0 Å². The van der Waals surface area contributed by atoms with Crippen LogP contribution >= 0.6 is 0 Å². The van der Waals surface area contributed by atoms with Crippen LogP contribution in [-0.4, -0.2) is 34.1 Å². The molecule has 2 aromatic rings. The Balaban J connectivity index is 1.62. The normalized spacial score (nSPS) is 19.7. The van der Waals surface area contributed by atoms with Crippen molar-refractivity contribution in [2.45, 2.75) is 45.4 Å². The number of carbonyl (C=O) groups excluding carboxylic acids is 2. The number of hydrogen-bond acceptors (Lipinski definition) is 5. The first kappa shape index (κ1) is 18.8. The van der Waals surface area contributed by atoms with E-state index in [-0.39, 0.29) is 18.2 Å². The van der Waals surface area contributed by atoms with Gasteiger partial charge in [-0.25, -0.2) is 4.79 Å². The third kappa shape index (κ3) is 4.24. The maximum atomic E-state index is 12.7. The highest BCUT2D eigenvalue weighted by molar-refractivity contribution is 6.06. The molecule has 1 saturated heterocycles. The Morgan fingerprint density at radius 3 is 2.59 bits per heavy atom. The fourth-order valence-corrected chi connectivity index (χ4v) is 2.94. The molecular weight excluding hydrogens is 360 g/mol. The summed E-state index contributed by atoms with van der Waals surface area (Å²) in [6, 6.07) is 7.36. The third-order valence-electron chi connectivity index (χ3n) is 4.40. The highest BCUT2D eigenvalue weighted by Gasteiger charge is 2.47. The number of nitrogens with zero attached hydrogens (tertiary/aromatic N) is 2. The predicted molar refractivity (Wildman–Crippen MR) is 90.1 cm³/mol. The summed E-state index contributed by atoms with van der Waals surface area (Å²) >= 11 is 0. The number of urea groups is 1. The van der Waals surface area contributed by atoms with Crippen molar-refractivity contribution in [3.8, 4) is 5.75 Å². The topological polar surface area (TPSA) is 84.7 Å². The van der Waals surface area contributed by atoms with Gasteiger partial charge in [0.05, 0.1) is 12.2 Å². The average Bonchev–Trinajstić information content (AvgIpc) is 3.11. The Morgan fingerprint density at radius 2 is 2.00 bits per heavy atom. The summed E-state index contributed by atoms with van der Waals surface area (Å²) in [5.41, 5.74) is 0.452. The molecule has 1 aromatic heterocycles. The SMILES string of the molecule is Cc1cc(CN2C(=O)NC(C)(CCc3ccc(OC(F)F)cc3)C2=O)on1. The molecule has 1 fully saturated rings. The molecule has 2 heterocycles. The summed E-state index contributed by atoms with van der Waals surface area (Å²) in [7, 11) is 0. The fourth-order valence-electron chi connectivity index (χ4n) is 2.94. The van der Waals surface area contributed by atoms with Crippen molar-refractivity contribution in [3.05, 3.63) is 47.3 Å². The van der Waals surface area contributed by atoms with Crippen LogP contribution in [0.4, 0.5) is 13.6 Å². The van der Waals surface area contributed by atoms with Gasteiger partial charge in [0, 0.05) is 6.07 Å². The molecule has 7 nitrogen and oxygen atoms in total. The Hall–Kier alpha value is -2.97. The molecule has 0 bridgehead atoms. The van der Waals surface area contributed by atoms with E-state index in [1.807, 2.05) is 0 Å². The molecule has 1 aliphatic rings. The lowest BCUT2D eigenvalue weighted by molar-refractivity contribution is -0.131. The monoisotopic (exact) mass is 379 g/mol. The molecule has 1 aromatic carbocycles. The Kier molecular flexibility index (Phi) is 5.11. The van der Waals surface area contributed by atoms with Gasteiger partial charge in [-0.1, -0.05) is 17.3 Å². The summed E-state index contributed by atoms with van der Waals surface area (Å²) in [5, 5.41) is 6.46. The molecule has 1 unspecified atom stereocenters. The van der Waals surface area contributed by atoms with Gasteiger partial charge < -0.3 is 14.6 Å². The summed E-state index contributed by atoms with van der Waals surface area (Å²) in [6.07, 6.45) is 0.839. The minimum Gasteiger partial charge on any atom is -0.435 e. The number of amides is 3. The zero-order chi connectivity index (χ0) is 19.6. The van der Waals surface area contributed by atoms with Gasteiger partial charge in [0.25, 0.3) is 5.91 Å². The number of imide groups is 1. The molecule has 9 heteroatoms. The van der Waals surface area contributed by atoms with Crippen molar-refractivity contribution in [1.82, 2.24) is 15.4 Å². The van der Waals surface area contributed by atoms with E-state index in [2.05, 4.69) is 15.2 Å². The Bertz CT molecular complexity index is 837. The van der Waals surface area contributed by atoms with Crippen LogP contribution < -0.4 is 10.1 Å². The molecular formula is C18H19F2N3O4. The second-order valence-electron chi connectivity index (χ2n) is 6.61. The highest BCUT2D eigenvalue weighted by atomic mass is 19.3. The largest absolute Gasteiger partial charge is 0.435 e. The first-order valence-electron chi connectivity index (χ1n) is 8.37. The van der Waals surface area contributed by atoms with Crippen LogP contribution in [0, 0.1) is 6.92 Å². The lowest BCUT2D eigenvalue weighted by Gasteiger charge is -2.21. The number of aryl methyl sites for hydroxylation is 2. The number of aromatic nitrogens is 1. The van der Waals surface area contributed by atoms with Crippen LogP contribution in [0.25, 0.3) is 0 Å². The lowest BCUT2D eigenvalue weighted by atomic mass is 9.93. The molecule has 27 heavy (non-hydrogen) atoms. The number of benzene rings is 1. The smallest absolute Gasteiger partial charge is 0.387 e. The minimum atomic E-state index is -2.87. The van der Waals surface area contributed by atoms with Gasteiger partial charge >= 0.3 is 12.6 Å². The predicted octanol–water partition coefficient (Wildman–Crippen LogP) is 3.03. The maximum Gasteiger partial charge on any atom is 0.387 e. The van der Waals surface area contributed by atoms with Gasteiger partial charge in [0.1, 0.15) is 11.3 Å². The van der Waals surface area contributed by atoms with E-state index in [0.717, 1.165) is 10.5 Å². The molecule has 1 aliphatic heterocycles. The van der Waals surface area contributed by atoms with Crippen LogP contribution in [0.5, 0.6) is 5.75 Å². The van der Waals surface area contributed by atoms with E-state index in [9.17, 15) is 18.4 Å². The lowest BCUT2D eigenvalue weighted by Crippen LogP contribution is -2.44. The van der Waals surface area contributed by atoms with Crippen molar-refractivity contribution in [2.24, 2.45) is 0 Å². The van der Waals surface area contributed by atoms with Gasteiger partial charge in [-0.15, -0.1) is 0 Å². The van der Waals surface area contributed by atoms with Crippen molar-refractivity contribution in [1.29, 1.82) is 0 Å². The van der Waals surface area contributed by atoms with E-state index < -0.39 is 18.2 Å². The molecule has 0 saturated carbocycles. The number of rotatable bonds is 7. The molecule has 0 aliphatic carbocycles. The van der Waals surface area contributed by atoms with Gasteiger partial charge in [-0.05, 0) is 44.4 Å². The highest BCUT2D eigenvalue weighted by Crippen LogP contribution is 2.25. The molecule has 144 valence electrons. The number of alkyl halides is 2. The zero-order valence-electron chi connectivity index (χ0n) is 14.9. The Morgan fingerprint density at radius 1 is 1.30 bits per heavy atom. The summed E-state index contributed by atoms with van der Waals surface area (Å²) < 4.78 is 33.7. The first-order valence-corrected chi connectivity index (χ1v) is 8.37. The van der Waals surface area contributed by atoms with Crippen LogP contribution in [0.2, 0.25) is 0 Å². The van der Waals surface area contributed by atoms with Gasteiger partial charge in [0.15, 0.2) is 5.76 Å². The third-order valence-corrected chi connectivity index (χ3v) is 4.40. The second kappa shape index (κ2) is 7.34. The van der Waals surface area contributed by atoms with E-state index in [4.69, 9.17) is 4.52 Å². The van der Waals surface area contributed by atoms with E-state index in [0.29, 0.717) is 24.3 Å². The molecule has 0 spiro atoms. The average molecular weight is 379 g/mol. The molecule has 3 amide bonds. The molecule has 1 N–H and O–H groups in total. The number of hydrogen-bond donors (Lipinski definition) is 1. The van der Waals surface area contributed by atoms with Crippen LogP contribution in [0.1, 0.15) is 30.4 Å². The van der Waals surface area contributed by atoms with Gasteiger partial charge in [-0.2, -0.15) is 8.78 Å². The number of halogens is 2. The van der Waals surface area contributed by atoms with Crippen LogP contribution in [-0.2, 0) is 17.8 Å².